The summed E-state index contributed by atoms with van der Waals surface area (Å²) in [6.45, 7) is 0.946. The summed E-state index contributed by atoms with van der Waals surface area (Å²) in [7, 11) is 0.971. The van der Waals surface area contributed by atoms with E-state index < -0.39 is 29.9 Å². The van der Waals surface area contributed by atoms with Crippen molar-refractivity contribution in [3.8, 4) is 23.7 Å². The van der Waals surface area contributed by atoms with Crippen LogP contribution >= 0.6 is 11.6 Å². The molecule has 0 aliphatic rings. The number of benzene rings is 2. The third-order valence-corrected chi connectivity index (χ3v) is 4.81. The molecule has 0 radical (unpaired) electrons. The fourth-order valence-electron chi connectivity index (χ4n) is 2.53. The number of carbonyl (C=O) groups is 2. The van der Waals surface area contributed by atoms with E-state index in [1.54, 1.807) is 24.3 Å². The van der Waals surface area contributed by atoms with E-state index in [9.17, 15) is 18.4 Å². The zero-order chi connectivity index (χ0) is 23.7. The number of nitrogens with one attached hydrogen (secondary N) is 2. The molecule has 3 N–H and O–H groups in total. The number of carbonyl (C=O) groups excluding carboxylic acids is 2. The molecule has 0 bridgehead atoms. The largest absolute Gasteiger partial charge is 0.370 e. The molecule has 0 saturated heterocycles. The maximum Gasteiger partial charge on any atom is 0.269 e. The number of hydrogen-bond donors (Lipinski definition) is 3. The van der Waals surface area contributed by atoms with Crippen molar-refractivity contribution in [3.05, 3.63) is 70.2 Å². The van der Waals surface area contributed by atoms with Crippen LogP contribution in [-0.2, 0) is 9.53 Å². The lowest BCUT2D eigenvalue weighted by molar-refractivity contribution is -0.157. The van der Waals surface area contributed by atoms with E-state index in [1.807, 2.05) is 0 Å². The molecule has 2 amide bonds. The average Bonchev–Trinajstić information content (AvgIpc) is 2.80. The van der Waals surface area contributed by atoms with Crippen LogP contribution in [0, 0.1) is 23.7 Å². The molecule has 0 fully saturated rings. The van der Waals surface area contributed by atoms with Gasteiger partial charge in [0.15, 0.2) is 5.60 Å². The third-order valence-electron chi connectivity index (χ3n) is 4.56. The maximum atomic E-state index is 13.4. The molecular weight excluding hydrogens is 442 g/mol. The summed E-state index contributed by atoms with van der Waals surface area (Å²) in [4.78, 5) is 24.4. The van der Waals surface area contributed by atoms with Gasteiger partial charge in [0.25, 0.3) is 18.2 Å². The van der Waals surface area contributed by atoms with Gasteiger partial charge < -0.3 is 10.1 Å². The number of ether oxygens (including phenoxy) is 1. The van der Waals surface area contributed by atoms with Crippen LogP contribution in [0.25, 0.3) is 0 Å². The molecule has 0 aliphatic heterocycles. The van der Waals surface area contributed by atoms with Crippen molar-refractivity contribution < 1.29 is 28.3 Å². The van der Waals surface area contributed by atoms with Gasteiger partial charge in [-0.15, -0.1) is 0 Å². The molecular formula is C23H19ClF2N2O4. The van der Waals surface area contributed by atoms with Crippen LogP contribution in [0.3, 0.4) is 0 Å². The second-order valence-electron chi connectivity index (χ2n) is 6.66. The Kier molecular flexibility index (Phi) is 8.74. The topological polar surface area (TPSA) is 87.7 Å². The van der Waals surface area contributed by atoms with Crippen LogP contribution in [0.1, 0.15) is 28.4 Å². The number of alkyl halides is 2. The quantitative estimate of drug-likeness (QED) is 0.351. The number of rotatable bonds is 6. The molecule has 0 aliphatic carbocycles. The van der Waals surface area contributed by atoms with Crippen LogP contribution in [0.5, 0.6) is 0 Å². The highest BCUT2D eigenvalue weighted by atomic mass is 35.5. The standard InChI is InChI=1S/C23H19ClF2N2O4/c1-23(32-2,22(25)26)19(21(30)28-31)27-20(29)17-11-7-15(8-12-17)5-3-4-6-16-9-13-18(24)14-10-16/h7-14,19,22,31H,1-2H3,(H,27,29)(H,28,30)/t19-,23?/m1/s1. The Bertz CT molecular complexity index is 1080. The molecule has 2 aromatic carbocycles. The van der Waals surface area contributed by atoms with Gasteiger partial charge in [-0.05, 0) is 67.3 Å². The first-order valence-corrected chi connectivity index (χ1v) is 9.55. The van der Waals surface area contributed by atoms with Crippen molar-refractivity contribution in [2.45, 2.75) is 25.0 Å². The van der Waals surface area contributed by atoms with Gasteiger partial charge in [0.05, 0.1) is 0 Å². The van der Waals surface area contributed by atoms with Gasteiger partial charge >= 0.3 is 0 Å². The molecule has 0 heterocycles. The van der Waals surface area contributed by atoms with Crippen molar-refractivity contribution in [1.29, 1.82) is 0 Å². The highest BCUT2D eigenvalue weighted by molar-refractivity contribution is 6.30. The van der Waals surface area contributed by atoms with E-state index in [2.05, 4.69) is 29.0 Å². The molecule has 2 atom stereocenters. The zero-order valence-electron chi connectivity index (χ0n) is 17.1. The minimum atomic E-state index is -3.12. The van der Waals surface area contributed by atoms with Crippen molar-refractivity contribution in [3.63, 3.8) is 0 Å². The summed E-state index contributed by atoms with van der Waals surface area (Å²) in [6.07, 6.45) is -3.12. The molecule has 0 aromatic heterocycles. The normalized spacial score (nSPS) is 13.0. The molecule has 9 heteroatoms. The Morgan fingerprint density at radius 1 is 1.03 bits per heavy atom. The first kappa shape index (κ1) is 24.8. The van der Waals surface area contributed by atoms with Crippen LogP contribution < -0.4 is 10.8 Å². The molecule has 1 unspecified atom stereocenters. The van der Waals surface area contributed by atoms with Gasteiger partial charge in [-0.25, -0.2) is 14.3 Å². The highest BCUT2D eigenvalue weighted by Gasteiger charge is 2.48. The van der Waals surface area contributed by atoms with Gasteiger partial charge in [0, 0.05) is 28.8 Å². The summed E-state index contributed by atoms with van der Waals surface area (Å²) in [5.74, 6) is 8.99. The van der Waals surface area contributed by atoms with E-state index in [0.29, 0.717) is 10.6 Å². The summed E-state index contributed by atoms with van der Waals surface area (Å²) < 4.78 is 31.6. The van der Waals surface area contributed by atoms with E-state index in [4.69, 9.17) is 21.5 Å². The van der Waals surface area contributed by atoms with Crippen LogP contribution in [0.15, 0.2) is 48.5 Å². The number of hydroxylamine groups is 1. The second-order valence-corrected chi connectivity index (χ2v) is 7.09. The maximum absolute atomic E-state index is 13.4. The Morgan fingerprint density at radius 2 is 1.53 bits per heavy atom. The Labute approximate surface area is 188 Å². The van der Waals surface area contributed by atoms with Crippen LogP contribution in [-0.4, -0.2) is 42.2 Å². The first-order chi connectivity index (χ1) is 15.2. The summed E-state index contributed by atoms with van der Waals surface area (Å²) >= 11 is 5.81. The Hall–Kier alpha value is -3.43. The lowest BCUT2D eigenvalue weighted by atomic mass is 9.95. The van der Waals surface area contributed by atoms with E-state index in [0.717, 1.165) is 19.6 Å². The van der Waals surface area contributed by atoms with Gasteiger partial charge in [0.2, 0.25) is 0 Å². The van der Waals surface area contributed by atoms with E-state index in [-0.39, 0.29) is 5.56 Å². The predicted molar refractivity (Wildman–Crippen MR) is 114 cm³/mol. The van der Waals surface area contributed by atoms with Crippen molar-refractivity contribution >= 4 is 23.4 Å². The smallest absolute Gasteiger partial charge is 0.269 e. The highest BCUT2D eigenvalue weighted by Crippen LogP contribution is 2.24. The molecule has 32 heavy (non-hydrogen) atoms. The Balaban J connectivity index is 2.12. The number of hydrogen-bond acceptors (Lipinski definition) is 4. The van der Waals surface area contributed by atoms with Crippen molar-refractivity contribution in [1.82, 2.24) is 10.8 Å². The summed E-state index contributed by atoms with van der Waals surface area (Å²) in [5, 5.41) is 11.6. The van der Waals surface area contributed by atoms with Gasteiger partial charge in [-0.3, -0.25) is 14.8 Å². The number of halogens is 3. The van der Waals surface area contributed by atoms with Crippen molar-refractivity contribution in [2.24, 2.45) is 0 Å². The fourth-order valence-corrected chi connectivity index (χ4v) is 2.65. The minimum absolute atomic E-state index is 0.0891. The molecule has 0 saturated carbocycles. The predicted octanol–water partition coefficient (Wildman–Crippen LogP) is 3.02. The summed E-state index contributed by atoms with van der Waals surface area (Å²) in [6, 6.07) is 11.0. The molecule has 166 valence electrons. The fraction of sp³-hybridized carbons (Fsp3) is 0.217. The van der Waals surface area contributed by atoms with E-state index >= 15 is 0 Å². The number of methoxy groups -OCH3 is 1. The lowest BCUT2D eigenvalue weighted by Crippen LogP contribution is -2.62. The lowest BCUT2D eigenvalue weighted by Gasteiger charge is -2.34. The van der Waals surface area contributed by atoms with Gasteiger partial charge in [0.1, 0.15) is 6.04 Å². The molecule has 6 nitrogen and oxygen atoms in total. The average molecular weight is 461 g/mol. The van der Waals surface area contributed by atoms with Crippen LogP contribution in [0.4, 0.5) is 8.78 Å². The zero-order valence-corrected chi connectivity index (χ0v) is 17.8. The monoisotopic (exact) mass is 460 g/mol. The third kappa shape index (κ3) is 6.29. The minimum Gasteiger partial charge on any atom is -0.370 e. The SMILES string of the molecule is COC(C)(C(F)F)[C@H](NC(=O)c1ccc(C#CC#Cc2ccc(Cl)cc2)cc1)C(=O)NO. The van der Waals surface area contributed by atoms with Gasteiger partial charge in [-0.2, -0.15) is 0 Å². The van der Waals surface area contributed by atoms with E-state index in [1.165, 1.54) is 29.7 Å². The number of amides is 2. The molecule has 2 rings (SSSR count). The van der Waals surface area contributed by atoms with Gasteiger partial charge in [-0.1, -0.05) is 23.4 Å². The first-order valence-electron chi connectivity index (χ1n) is 9.17. The van der Waals surface area contributed by atoms with Crippen LogP contribution in [0.2, 0.25) is 5.02 Å². The van der Waals surface area contributed by atoms with Crippen molar-refractivity contribution in [2.75, 3.05) is 7.11 Å². The second kappa shape index (κ2) is 11.3. The Morgan fingerprint density at radius 3 is 1.97 bits per heavy atom. The molecule has 2 aromatic rings. The summed E-state index contributed by atoms with van der Waals surface area (Å²) in [5.41, 5.74) is 0.304. The molecule has 0 spiro atoms.